The molecule has 1 N–H and O–H groups in total. The summed E-state index contributed by atoms with van der Waals surface area (Å²) in [7, 11) is 0. The first kappa shape index (κ1) is 16.3. The van der Waals surface area contributed by atoms with Crippen molar-refractivity contribution in [3.05, 3.63) is 34.2 Å². The van der Waals surface area contributed by atoms with Crippen molar-refractivity contribution in [1.29, 1.82) is 0 Å². The maximum Gasteiger partial charge on any atom is 0.431 e. The quantitative estimate of drug-likeness (QED) is 0.907. The Balaban J connectivity index is 2.89. The molecule has 0 atom stereocenters. The molecule has 0 fully saturated rings. The second kappa shape index (κ2) is 5.68. The zero-order chi connectivity index (χ0) is 15.6. The molecule has 1 heterocycles. The third-order valence-corrected chi connectivity index (χ3v) is 3.10. The number of carboxylic acid groups (broad SMARTS) is 1. The number of aromatic nitrogens is 1. The van der Waals surface area contributed by atoms with Crippen LogP contribution in [0.15, 0.2) is 23.0 Å². The molecule has 0 aliphatic heterocycles. The minimum absolute atomic E-state index is 0.161. The molecule has 1 rings (SSSR count). The molecule has 7 heteroatoms. The lowest BCUT2D eigenvalue weighted by atomic mass is 9.88. The topological polar surface area (TPSA) is 59.3 Å². The van der Waals surface area contributed by atoms with Gasteiger partial charge in [-0.25, -0.2) is 0 Å². The average Bonchev–Trinajstić information content (AvgIpc) is 2.29. The van der Waals surface area contributed by atoms with Gasteiger partial charge in [0, 0.05) is 12.6 Å². The molecule has 0 saturated carbocycles. The van der Waals surface area contributed by atoms with Crippen molar-refractivity contribution >= 4 is 5.97 Å². The van der Waals surface area contributed by atoms with E-state index in [1.807, 2.05) is 0 Å². The predicted molar refractivity (Wildman–Crippen MR) is 66.4 cm³/mol. The van der Waals surface area contributed by atoms with Gasteiger partial charge in [-0.15, -0.1) is 0 Å². The Kier molecular flexibility index (Phi) is 4.62. The zero-order valence-electron chi connectivity index (χ0n) is 11.2. The molecular weight excluding hydrogens is 275 g/mol. The molecule has 0 amide bonds. The van der Waals surface area contributed by atoms with Crippen LogP contribution in [-0.4, -0.2) is 15.6 Å². The van der Waals surface area contributed by atoms with Crippen LogP contribution in [0.2, 0.25) is 0 Å². The van der Waals surface area contributed by atoms with Crippen LogP contribution in [0.5, 0.6) is 0 Å². The van der Waals surface area contributed by atoms with Crippen LogP contribution >= 0.6 is 0 Å². The van der Waals surface area contributed by atoms with Crippen molar-refractivity contribution in [2.75, 3.05) is 0 Å². The van der Waals surface area contributed by atoms with Crippen molar-refractivity contribution < 1.29 is 23.1 Å². The van der Waals surface area contributed by atoms with E-state index in [0.717, 1.165) is 18.2 Å². The Labute approximate surface area is 113 Å². The SMILES string of the molecule is CC(C)(CCCn1c(C(F)(F)F)cccc1=O)C(=O)O. The van der Waals surface area contributed by atoms with Gasteiger partial charge >= 0.3 is 12.1 Å². The summed E-state index contributed by atoms with van der Waals surface area (Å²) in [4.78, 5) is 22.4. The molecule has 0 unspecified atom stereocenters. The highest BCUT2D eigenvalue weighted by Crippen LogP contribution is 2.29. The third-order valence-electron chi connectivity index (χ3n) is 3.10. The first-order valence-corrected chi connectivity index (χ1v) is 6.06. The van der Waals surface area contributed by atoms with Crippen molar-refractivity contribution in [2.24, 2.45) is 5.41 Å². The Morgan fingerprint density at radius 2 is 1.90 bits per heavy atom. The lowest BCUT2D eigenvalue weighted by Crippen LogP contribution is -2.29. The van der Waals surface area contributed by atoms with E-state index in [1.165, 1.54) is 13.8 Å². The molecule has 0 aliphatic carbocycles. The summed E-state index contributed by atoms with van der Waals surface area (Å²) in [6.07, 6.45) is -4.25. The fraction of sp³-hybridized carbons (Fsp3) is 0.538. The maximum absolute atomic E-state index is 12.8. The number of aliphatic carboxylic acids is 1. The molecule has 112 valence electrons. The van der Waals surface area contributed by atoms with Crippen LogP contribution in [0.3, 0.4) is 0 Å². The summed E-state index contributed by atoms with van der Waals surface area (Å²) in [5.41, 5.74) is -2.79. The summed E-state index contributed by atoms with van der Waals surface area (Å²) in [5, 5.41) is 8.93. The van der Waals surface area contributed by atoms with E-state index in [4.69, 9.17) is 5.11 Å². The molecule has 0 aromatic carbocycles. The molecule has 0 radical (unpaired) electrons. The summed E-state index contributed by atoms with van der Waals surface area (Å²) in [6.45, 7) is 2.83. The van der Waals surface area contributed by atoms with E-state index in [2.05, 4.69) is 0 Å². The minimum atomic E-state index is -4.61. The van der Waals surface area contributed by atoms with E-state index in [0.29, 0.717) is 4.57 Å². The van der Waals surface area contributed by atoms with Gasteiger partial charge in [-0.05, 0) is 32.8 Å². The van der Waals surface area contributed by atoms with Gasteiger partial charge < -0.3 is 9.67 Å². The molecule has 4 nitrogen and oxygen atoms in total. The Morgan fingerprint density at radius 1 is 1.30 bits per heavy atom. The monoisotopic (exact) mass is 291 g/mol. The highest BCUT2D eigenvalue weighted by atomic mass is 19.4. The number of alkyl halides is 3. The number of carbonyl (C=O) groups is 1. The van der Waals surface area contributed by atoms with Crippen LogP contribution in [0, 0.1) is 5.41 Å². The standard InChI is InChI=1S/C13H16F3NO3/c1-12(2,11(19)20)7-4-8-17-9(13(14,15)16)5-3-6-10(17)18/h3,5-6H,4,7-8H2,1-2H3,(H,19,20). The largest absolute Gasteiger partial charge is 0.481 e. The normalized spacial score (nSPS) is 12.4. The highest BCUT2D eigenvalue weighted by Gasteiger charge is 2.34. The second-order valence-electron chi connectivity index (χ2n) is 5.19. The predicted octanol–water partition coefficient (Wildman–Crippen LogP) is 2.76. The Hall–Kier alpha value is -1.79. The second-order valence-corrected chi connectivity index (χ2v) is 5.19. The van der Waals surface area contributed by atoms with Crippen molar-refractivity contribution in [3.63, 3.8) is 0 Å². The van der Waals surface area contributed by atoms with Crippen LogP contribution in [-0.2, 0) is 17.5 Å². The smallest absolute Gasteiger partial charge is 0.431 e. The summed E-state index contributed by atoms with van der Waals surface area (Å²) in [5.74, 6) is -1.02. The molecule has 0 spiro atoms. The van der Waals surface area contributed by atoms with E-state index in [9.17, 15) is 22.8 Å². The number of hydrogen-bond donors (Lipinski definition) is 1. The van der Waals surface area contributed by atoms with Gasteiger partial charge in [0.2, 0.25) is 0 Å². The van der Waals surface area contributed by atoms with Crippen LogP contribution < -0.4 is 5.56 Å². The van der Waals surface area contributed by atoms with E-state index in [1.54, 1.807) is 0 Å². The van der Waals surface area contributed by atoms with E-state index in [-0.39, 0.29) is 19.4 Å². The third kappa shape index (κ3) is 3.85. The number of nitrogens with zero attached hydrogens (tertiary/aromatic N) is 1. The van der Waals surface area contributed by atoms with Gasteiger partial charge in [-0.1, -0.05) is 6.07 Å². The number of hydrogen-bond acceptors (Lipinski definition) is 2. The number of rotatable bonds is 5. The number of carboxylic acids is 1. The van der Waals surface area contributed by atoms with Crippen molar-refractivity contribution in [1.82, 2.24) is 4.57 Å². The van der Waals surface area contributed by atoms with Crippen LogP contribution in [0.25, 0.3) is 0 Å². The molecule has 0 aliphatic rings. The fourth-order valence-electron chi connectivity index (χ4n) is 1.78. The molecule has 0 saturated heterocycles. The Morgan fingerprint density at radius 3 is 2.40 bits per heavy atom. The minimum Gasteiger partial charge on any atom is -0.481 e. The van der Waals surface area contributed by atoms with Gasteiger partial charge in [0.25, 0.3) is 5.56 Å². The van der Waals surface area contributed by atoms with Gasteiger partial charge in [-0.3, -0.25) is 9.59 Å². The van der Waals surface area contributed by atoms with Gasteiger partial charge in [0.1, 0.15) is 5.69 Å². The zero-order valence-corrected chi connectivity index (χ0v) is 11.2. The molecule has 0 bridgehead atoms. The van der Waals surface area contributed by atoms with Gasteiger partial charge in [0.15, 0.2) is 0 Å². The summed E-state index contributed by atoms with van der Waals surface area (Å²) in [6, 6.07) is 2.95. The van der Waals surface area contributed by atoms with Gasteiger partial charge in [0.05, 0.1) is 5.41 Å². The van der Waals surface area contributed by atoms with E-state index < -0.39 is 28.8 Å². The Bertz CT molecular complexity index is 547. The van der Waals surface area contributed by atoms with Crippen molar-refractivity contribution in [2.45, 2.75) is 39.4 Å². The van der Waals surface area contributed by atoms with Crippen molar-refractivity contribution in [3.8, 4) is 0 Å². The fourth-order valence-corrected chi connectivity index (χ4v) is 1.78. The molecule has 20 heavy (non-hydrogen) atoms. The number of pyridine rings is 1. The average molecular weight is 291 g/mol. The summed E-state index contributed by atoms with van der Waals surface area (Å²) >= 11 is 0. The van der Waals surface area contributed by atoms with Crippen LogP contribution in [0.1, 0.15) is 32.4 Å². The molecule has 1 aromatic rings. The number of halogens is 3. The summed E-state index contributed by atoms with van der Waals surface area (Å²) < 4.78 is 38.9. The first-order chi connectivity index (χ1) is 9.05. The van der Waals surface area contributed by atoms with E-state index >= 15 is 0 Å². The van der Waals surface area contributed by atoms with Gasteiger partial charge in [-0.2, -0.15) is 13.2 Å². The molecular formula is C13H16F3NO3. The first-order valence-electron chi connectivity index (χ1n) is 6.06. The molecule has 1 aromatic heterocycles. The van der Waals surface area contributed by atoms with Crippen LogP contribution in [0.4, 0.5) is 13.2 Å². The lowest BCUT2D eigenvalue weighted by molar-refractivity contribution is -0.148. The maximum atomic E-state index is 12.8. The highest BCUT2D eigenvalue weighted by molar-refractivity contribution is 5.73. The lowest BCUT2D eigenvalue weighted by Gasteiger charge is -2.20.